The highest BCUT2D eigenvalue weighted by Crippen LogP contribution is 2.31. The minimum Gasteiger partial charge on any atom is -0.496 e. The predicted octanol–water partition coefficient (Wildman–Crippen LogP) is 2.29. The van der Waals surface area contributed by atoms with Crippen LogP contribution in [0.4, 0.5) is 0 Å². The molecule has 0 saturated heterocycles. The van der Waals surface area contributed by atoms with E-state index >= 15 is 0 Å². The van der Waals surface area contributed by atoms with Crippen molar-refractivity contribution in [3.8, 4) is 17.1 Å². The van der Waals surface area contributed by atoms with E-state index in [2.05, 4.69) is 20.5 Å². The third kappa shape index (κ3) is 3.48. The summed E-state index contributed by atoms with van der Waals surface area (Å²) in [5, 5.41) is 11.9. The van der Waals surface area contributed by atoms with E-state index in [4.69, 9.17) is 4.74 Å². The summed E-state index contributed by atoms with van der Waals surface area (Å²) in [5.74, 6) is 0.135. The molecule has 0 bridgehead atoms. The molecule has 4 aromatic rings. The topological polar surface area (TPSA) is 106 Å². The van der Waals surface area contributed by atoms with Gasteiger partial charge in [-0.3, -0.25) is 14.3 Å². The van der Waals surface area contributed by atoms with Crippen molar-refractivity contribution in [1.82, 2.24) is 29.7 Å². The number of pyridine rings is 1. The summed E-state index contributed by atoms with van der Waals surface area (Å²) in [5.41, 5.74) is 5.21. The second kappa shape index (κ2) is 7.75. The van der Waals surface area contributed by atoms with Crippen LogP contribution in [0.2, 0.25) is 0 Å². The molecule has 2 N–H and O–H groups in total. The smallest absolute Gasteiger partial charge is 0.256 e. The summed E-state index contributed by atoms with van der Waals surface area (Å²) in [6.07, 6.45) is 3.60. The molecule has 0 aliphatic carbocycles. The number of nitrogens with one attached hydrogen (secondary N) is 2. The molecule has 4 rings (SSSR count). The molecule has 0 saturated carbocycles. The quantitative estimate of drug-likeness (QED) is 0.515. The van der Waals surface area contributed by atoms with Crippen molar-refractivity contribution in [3.63, 3.8) is 0 Å². The van der Waals surface area contributed by atoms with Gasteiger partial charge in [-0.15, -0.1) is 0 Å². The number of hydrogen-bond donors (Lipinski definition) is 2. The van der Waals surface area contributed by atoms with Gasteiger partial charge in [0.2, 0.25) is 0 Å². The Bertz CT molecular complexity index is 1360. The van der Waals surface area contributed by atoms with E-state index in [1.807, 2.05) is 33.2 Å². The van der Waals surface area contributed by atoms with Crippen molar-refractivity contribution < 1.29 is 9.53 Å². The largest absolute Gasteiger partial charge is 0.496 e. The maximum atomic E-state index is 13.2. The average Bonchev–Trinajstić information content (AvgIpc) is 3.20. The van der Waals surface area contributed by atoms with E-state index in [0.29, 0.717) is 28.1 Å². The normalized spacial score (nSPS) is 11.1. The Labute approximate surface area is 178 Å². The van der Waals surface area contributed by atoms with Gasteiger partial charge in [-0.25, -0.2) is 4.52 Å². The van der Waals surface area contributed by atoms with Crippen LogP contribution in [-0.2, 0) is 13.6 Å². The van der Waals surface area contributed by atoms with Crippen molar-refractivity contribution in [2.45, 2.75) is 27.3 Å². The Hall–Kier alpha value is -3.88. The summed E-state index contributed by atoms with van der Waals surface area (Å²) >= 11 is 0. The molecule has 0 atom stereocenters. The lowest BCUT2D eigenvalue weighted by atomic mass is 10.1. The number of nitrogens with zero attached hydrogens (tertiary/aromatic N) is 4. The number of ether oxygens (including phenoxy) is 1. The lowest BCUT2D eigenvalue weighted by Crippen LogP contribution is -2.28. The zero-order chi connectivity index (χ0) is 22.3. The van der Waals surface area contributed by atoms with Gasteiger partial charge in [-0.2, -0.15) is 10.2 Å². The number of amides is 1. The first-order chi connectivity index (χ1) is 14.8. The highest BCUT2D eigenvalue weighted by Gasteiger charge is 2.25. The zero-order valence-electron chi connectivity index (χ0n) is 18.1. The molecule has 4 aromatic heterocycles. The van der Waals surface area contributed by atoms with Gasteiger partial charge in [0.25, 0.3) is 11.5 Å². The Balaban J connectivity index is 1.76. The minimum absolute atomic E-state index is 0.0343. The SMILES string of the molecule is COc1cc(C)[nH]c(=O)c1CNC(=O)c1c(C)c(-c2nn(C)cc2C)n2ncccc12. The molecule has 0 aliphatic rings. The second-order valence-electron chi connectivity index (χ2n) is 7.51. The van der Waals surface area contributed by atoms with Gasteiger partial charge in [0.15, 0.2) is 0 Å². The maximum absolute atomic E-state index is 13.2. The van der Waals surface area contributed by atoms with Crippen LogP contribution in [0, 0.1) is 20.8 Å². The van der Waals surface area contributed by atoms with Crippen molar-refractivity contribution >= 4 is 11.4 Å². The molecular formula is C22H24N6O3. The molecule has 9 heteroatoms. The lowest BCUT2D eigenvalue weighted by Gasteiger charge is -2.10. The van der Waals surface area contributed by atoms with Gasteiger partial charge in [0.05, 0.1) is 36.0 Å². The highest BCUT2D eigenvalue weighted by atomic mass is 16.5. The minimum atomic E-state index is -0.301. The number of carbonyl (C=O) groups excluding carboxylic acids is 1. The maximum Gasteiger partial charge on any atom is 0.256 e. The molecule has 9 nitrogen and oxygen atoms in total. The summed E-state index contributed by atoms with van der Waals surface area (Å²) in [4.78, 5) is 28.3. The van der Waals surface area contributed by atoms with E-state index in [1.54, 1.807) is 34.5 Å². The Morgan fingerprint density at radius 3 is 2.74 bits per heavy atom. The van der Waals surface area contributed by atoms with Gasteiger partial charge in [-0.1, -0.05) is 0 Å². The number of rotatable bonds is 5. The van der Waals surface area contributed by atoms with Gasteiger partial charge >= 0.3 is 0 Å². The molecule has 0 fully saturated rings. The fourth-order valence-corrected chi connectivity index (χ4v) is 3.91. The number of aryl methyl sites for hydroxylation is 3. The van der Waals surface area contributed by atoms with E-state index in [0.717, 1.165) is 22.5 Å². The summed E-state index contributed by atoms with van der Waals surface area (Å²) in [6, 6.07) is 5.36. The van der Waals surface area contributed by atoms with Crippen molar-refractivity contribution in [2.24, 2.45) is 7.05 Å². The number of aromatic nitrogens is 5. The molecule has 0 unspecified atom stereocenters. The Morgan fingerprint density at radius 2 is 2.06 bits per heavy atom. The number of fused-ring (bicyclic) bond motifs is 1. The molecule has 0 aliphatic heterocycles. The van der Waals surface area contributed by atoms with Crippen molar-refractivity contribution in [3.05, 3.63) is 68.9 Å². The number of aromatic amines is 1. The van der Waals surface area contributed by atoms with E-state index in [-0.39, 0.29) is 18.0 Å². The fraction of sp³-hybridized carbons (Fsp3) is 0.273. The second-order valence-corrected chi connectivity index (χ2v) is 7.51. The molecule has 1 amide bonds. The molecular weight excluding hydrogens is 396 g/mol. The monoisotopic (exact) mass is 420 g/mol. The van der Waals surface area contributed by atoms with Crippen LogP contribution in [0.25, 0.3) is 16.9 Å². The van der Waals surface area contributed by atoms with Crippen LogP contribution in [-0.4, -0.2) is 37.4 Å². The van der Waals surface area contributed by atoms with Crippen LogP contribution in [0.15, 0.2) is 35.4 Å². The highest BCUT2D eigenvalue weighted by molar-refractivity contribution is 6.04. The van der Waals surface area contributed by atoms with Crippen LogP contribution >= 0.6 is 0 Å². The lowest BCUT2D eigenvalue weighted by molar-refractivity contribution is 0.0951. The Kier molecular flexibility index (Phi) is 5.10. The third-order valence-electron chi connectivity index (χ3n) is 5.29. The van der Waals surface area contributed by atoms with Gasteiger partial charge in [0, 0.05) is 25.1 Å². The summed E-state index contributed by atoms with van der Waals surface area (Å²) < 4.78 is 8.79. The third-order valence-corrected chi connectivity index (χ3v) is 5.29. The standard InChI is InChI=1S/C22H24N6O3/c1-12-11-27(4)26-19(12)20-14(3)18(16-7-6-8-24-28(16)20)22(30)23-10-15-17(31-5)9-13(2)25-21(15)29/h6-9,11H,10H2,1-5H3,(H,23,30)(H,25,29). The number of H-pyrrole nitrogens is 1. The van der Waals surface area contributed by atoms with E-state index in [9.17, 15) is 9.59 Å². The van der Waals surface area contributed by atoms with Gasteiger partial charge in [-0.05, 0) is 50.1 Å². The number of methoxy groups -OCH3 is 1. The molecule has 0 radical (unpaired) electrons. The first-order valence-corrected chi connectivity index (χ1v) is 9.83. The number of hydrogen-bond acceptors (Lipinski definition) is 5. The molecule has 160 valence electrons. The van der Waals surface area contributed by atoms with Crippen molar-refractivity contribution in [1.29, 1.82) is 0 Å². The van der Waals surface area contributed by atoms with E-state index in [1.165, 1.54) is 7.11 Å². The van der Waals surface area contributed by atoms with Crippen molar-refractivity contribution in [2.75, 3.05) is 7.11 Å². The van der Waals surface area contributed by atoms with Crippen LogP contribution < -0.4 is 15.6 Å². The predicted molar refractivity (Wildman–Crippen MR) is 116 cm³/mol. The van der Waals surface area contributed by atoms with Gasteiger partial charge in [0.1, 0.15) is 11.4 Å². The van der Waals surface area contributed by atoms with Crippen LogP contribution in [0.1, 0.15) is 32.7 Å². The molecule has 0 aromatic carbocycles. The molecule has 0 spiro atoms. The Morgan fingerprint density at radius 1 is 1.29 bits per heavy atom. The summed E-state index contributed by atoms with van der Waals surface area (Å²) in [7, 11) is 3.35. The summed E-state index contributed by atoms with van der Waals surface area (Å²) in [6.45, 7) is 5.66. The zero-order valence-corrected chi connectivity index (χ0v) is 18.1. The first-order valence-electron chi connectivity index (χ1n) is 9.83. The average molecular weight is 420 g/mol. The first kappa shape index (κ1) is 20.4. The number of carbonyl (C=O) groups is 1. The van der Waals surface area contributed by atoms with Crippen LogP contribution in [0.5, 0.6) is 5.75 Å². The fourth-order valence-electron chi connectivity index (χ4n) is 3.91. The van der Waals surface area contributed by atoms with Gasteiger partial charge < -0.3 is 15.0 Å². The molecule has 31 heavy (non-hydrogen) atoms. The van der Waals surface area contributed by atoms with E-state index < -0.39 is 0 Å². The molecule has 4 heterocycles. The van der Waals surface area contributed by atoms with Crippen LogP contribution in [0.3, 0.4) is 0 Å².